The number of rotatable bonds is 5. The quantitative estimate of drug-likeness (QED) is 0.732. The topological polar surface area (TPSA) is 63.8 Å². The second-order valence-electron chi connectivity index (χ2n) is 4.99. The highest BCUT2D eigenvalue weighted by Crippen LogP contribution is 2.22. The maximum absolute atomic E-state index is 10.2. The number of imidazole rings is 1. The molecule has 0 fully saturated rings. The highest BCUT2D eigenvalue weighted by molar-refractivity contribution is 8.01. The molecule has 7 heteroatoms. The Hall–Kier alpha value is -1.44. The van der Waals surface area contributed by atoms with Crippen LogP contribution in [0.3, 0.4) is 0 Å². The summed E-state index contributed by atoms with van der Waals surface area (Å²) in [6.45, 7) is 4.71. The Morgan fingerprint density at radius 3 is 2.90 bits per heavy atom. The molecule has 0 aliphatic heterocycles. The normalized spacial score (nSPS) is 12.9. The van der Waals surface area contributed by atoms with Gasteiger partial charge in [-0.05, 0) is 37.1 Å². The maximum Gasteiger partial charge on any atom is 0.174 e. The van der Waals surface area contributed by atoms with E-state index in [1.54, 1.807) is 11.8 Å². The predicted molar refractivity (Wildman–Crippen MR) is 85.8 cm³/mol. The molecule has 0 saturated carbocycles. The van der Waals surface area contributed by atoms with Crippen molar-refractivity contribution in [1.82, 2.24) is 19.7 Å². The van der Waals surface area contributed by atoms with E-state index >= 15 is 0 Å². The molecule has 5 nitrogen and oxygen atoms in total. The van der Waals surface area contributed by atoms with Gasteiger partial charge < -0.3 is 9.67 Å². The molecule has 0 aliphatic carbocycles. The van der Waals surface area contributed by atoms with Crippen LogP contribution in [0.2, 0.25) is 0 Å². The fourth-order valence-corrected chi connectivity index (χ4v) is 3.56. The predicted octanol–water partition coefficient (Wildman–Crippen LogP) is 2.66. The van der Waals surface area contributed by atoms with Gasteiger partial charge in [-0.15, -0.1) is 10.2 Å². The number of thioether (sulfide) groups is 1. The molecule has 0 aliphatic rings. The third-order valence-corrected chi connectivity index (χ3v) is 5.39. The van der Waals surface area contributed by atoms with Crippen molar-refractivity contribution < 1.29 is 5.11 Å². The Kier molecular flexibility index (Phi) is 4.23. The van der Waals surface area contributed by atoms with Crippen LogP contribution in [0, 0.1) is 13.8 Å². The molecule has 0 spiro atoms. The zero-order valence-electron chi connectivity index (χ0n) is 11.9. The Morgan fingerprint density at radius 1 is 1.33 bits per heavy atom. The van der Waals surface area contributed by atoms with Gasteiger partial charge in [-0.3, -0.25) is 0 Å². The van der Waals surface area contributed by atoms with Gasteiger partial charge in [0.2, 0.25) is 0 Å². The van der Waals surface area contributed by atoms with Gasteiger partial charge in [-0.1, -0.05) is 23.1 Å². The van der Waals surface area contributed by atoms with E-state index in [-0.39, 0.29) is 0 Å². The first-order chi connectivity index (χ1) is 10.1. The van der Waals surface area contributed by atoms with E-state index in [2.05, 4.69) is 41.2 Å². The van der Waals surface area contributed by atoms with Gasteiger partial charge in [0, 0.05) is 5.75 Å². The minimum atomic E-state index is -0.446. The van der Waals surface area contributed by atoms with Crippen molar-refractivity contribution in [1.29, 1.82) is 0 Å². The summed E-state index contributed by atoms with van der Waals surface area (Å²) in [4.78, 5) is 4.41. The second kappa shape index (κ2) is 6.13. The van der Waals surface area contributed by atoms with Crippen molar-refractivity contribution in [3.8, 4) is 0 Å². The minimum Gasteiger partial charge on any atom is -0.390 e. The molecule has 21 heavy (non-hydrogen) atoms. The average Bonchev–Trinajstić information content (AvgIpc) is 3.09. The molecular weight excluding hydrogens is 304 g/mol. The van der Waals surface area contributed by atoms with Gasteiger partial charge in [0.15, 0.2) is 4.34 Å². The van der Waals surface area contributed by atoms with Crippen molar-refractivity contribution in [2.45, 2.75) is 30.8 Å². The van der Waals surface area contributed by atoms with Crippen LogP contribution in [0.25, 0.3) is 11.0 Å². The van der Waals surface area contributed by atoms with Gasteiger partial charge >= 0.3 is 0 Å². The van der Waals surface area contributed by atoms with Crippen LogP contribution in [0.5, 0.6) is 0 Å². The molecule has 0 saturated heterocycles. The van der Waals surface area contributed by atoms with Crippen LogP contribution in [0.1, 0.15) is 11.1 Å². The summed E-state index contributed by atoms with van der Waals surface area (Å²) >= 11 is 3.02. The van der Waals surface area contributed by atoms with Crippen LogP contribution >= 0.6 is 23.1 Å². The van der Waals surface area contributed by atoms with Gasteiger partial charge in [0.25, 0.3) is 0 Å². The van der Waals surface area contributed by atoms with E-state index < -0.39 is 6.10 Å². The Balaban J connectivity index is 1.71. The number of aliphatic hydroxyl groups is 1. The first-order valence-corrected chi connectivity index (χ1v) is 8.49. The van der Waals surface area contributed by atoms with E-state index in [0.29, 0.717) is 12.3 Å². The van der Waals surface area contributed by atoms with E-state index in [1.807, 2.05) is 4.57 Å². The monoisotopic (exact) mass is 320 g/mol. The average molecular weight is 320 g/mol. The molecule has 3 rings (SSSR count). The Morgan fingerprint density at radius 2 is 2.14 bits per heavy atom. The summed E-state index contributed by atoms with van der Waals surface area (Å²) < 4.78 is 2.89. The number of nitrogens with zero attached hydrogens (tertiary/aromatic N) is 4. The zero-order chi connectivity index (χ0) is 14.8. The Labute approximate surface area is 131 Å². The second-order valence-corrected chi connectivity index (χ2v) is 7.09. The van der Waals surface area contributed by atoms with Crippen LogP contribution in [-0.4, -0.2) is 36.7 Å². The van der Waals surface area contributed by atoms with E-state index in [0.717, 1.165) is 15.4 Å². The number of hydrogen-bond donors (Lipinski definition) is 1. The summed E-state index contributed by atoms with van der Waals surface area (Å²) in [6, 6.07) is 4.21. The van der Waals surface area contributed by atoms with Gasteiger partial charge in [-0.2, -0.15) is 0 Å². The van der Waals surface area contributed by atoms with Gasteiger partial charge in [0.05, 0.1) is 30.0 Å². The van der Waals surface area contributed by atoms with Crippen LogP contribution in [-0.2, 0) is 6.54 Å². The third-order valence-electron chi connectivity index (χ3n) is 3.38. The molecule has 1 N–H and O–H groups in total. The third kappa shape index (κ3) is 3.25. The molecule has 2 heterocycles. The first-order valence-electron chi connectivity index (χ1n) is 6.62. The molecule has 0 amide bonds. The molecule has 1 aromatic carbocycles. The number of hydrogen-bond acceptors (Lipinski definition) is 6. The van der Waals surface area contributed by atoms with Crippen molar-refractivity contribution in [2.75, 3.05) is 5.75 Å². The molecular formula is C14H16N4OS2. The summed E-state index contributed by atoms with van der Waals surface area (Å²) in [6.07, 6.45) is 1.35. The van der Waals surface area contributed by atoms with Crippen molar-refractivity contribution >= 4 is 34.1 Å². The molecule has 1 atom stereocenters. The number of aryl methyl sites for hydroxylation is 2. The first kappa shape index (κ1) is 14.5. The van der Waals surface area contributed by atoms with Crippen molar-refractivity contribution in [2.24, 2.45) is 0 Å². The van der Waals surface area contributed by atoms with Crippen molar-refractivity contribution in [3.05, 3.63) is 35.1 Å². The fraction of sp³-hybridized carbons (Fsp3) is 0.357. The van der Waals surface area contributed by atoms with E-state index in [1.165, 1.54) is 34.2 Å². The molecule has 0 radical (unpaired) electrons. The molecule has 3 aromatic rings. The number of aliphatic hydroxyl groups excluding tert-OH is 1. The summed E-state index contributed by atoms with van der Waals surface area (Å²) in [5.41, 5.74) is 6.21. The summed E-state index contributed by atoms with van der Waals surface area (Å²) in [5, 5.41) is 17.9. The minimum absolute atomic E-state index is 0.446. The molecule has 2 aromatic heterocycles. The number of benzene rings is 1. The van der Waals surface area contributed by atoms with E-state index in [9.17, 15) is 5.11 Å². The van der Waals surface area contributed by atoms with Crippen LogP contribution < -0.4 is 0 Å². The molecule has 110 valence electrons. The van der Waals surface area contributed by atoms with Crippen LogP contribution in [0.15, 0.2) is 28.3 Å². The largest absolute Gasteiger partial charge is 0.390 e. The maximum atomic E-state index is 10.2. The number of fused-ring (bicyclic) bond motifs is 1. The zero-order valence-corrected chi connectivity index (χ0v) is 13.5. The van der Waals surface area contributed by atoms with Crippen LogP contribution in [0.4, 0.5) is 0 Å². The lowest BCUT2D eigenvalue weighted by Gasteiger charge is -2.11. The van der Waals surface area contributed by atoms with Gasteiger partial charge in [-0.25, -0.2) is 4.98 Å². The van der Waals surface area contributed by atoms with Crippen molar-refractivity contribution in [3.63, 3.8) is 0 Å². The molecule has 1 unspecified atom stereocenters. The highest BCUT2D eigenvalue weighted by atomic mass is 32.2. The van der Waals surface area contributed by atoms with E-state index in [4.69, 9.17) is 0 Å². The lowest BCUT2D eigenvalue weighted by atomic mass is 10.1. The lowest BCUT2D eigenvalue weighted by molar-refractivity contribution is 0.179. The number of aromatic nitrogens is 4. The smallest absolute Gasteiger partial charge is 0.174 e. The SMILES string of the molecule is Cc1cc2ncn(CC(O)CSc3nncs3)c2cc1C. The molecule has 0 bridgehead atoms. The summed E-state index contributed by atoms with van der Waals surface area (Å²) in [7, 11) is 0. The highest BCUT2D eigenvalue weighted by Gasteiger charge is 2.11. The lowest BCUT2D eigenvalue weighted by Crippen LogP contribution is -2.18. The standard InChI is InChI=1S/C14H16N4OS2/c1-9-3-12-13(4-10(9)2)18(7-15-12)5-11(19)6-20-14-17-16-8-21-14/h3-4,7-8,11,19H,5-6H2,1-2H3. The Bertz CT molecular complexity index is 739. The summed E-state index contributed by atoms with van der Waals surface area (Å²) in [5.74, 6) is 0.597. The van der Waals surface area contributed by atoms with Gasteiger partial charge in [0.1, 0.15) is 5.51 Å². The fourth-order valence-electron chi connectivity index (χ4n) is 2.13.